The molecule has 1 N–H and O–H groups in total. The highest BCUT2D eigenvalue weighted by Gasteiger charge is 2.44. The third kappa shape index (κ3) is 1.79. The normalized spacial score (nSPS) is 21.2. The number of fused-ring (bicyclic) bond motifs is 2. The summed E-state index contributed by atoms with van der Waals surface area (Å²) < 4.78 is 0. The molecule has 0 saturated carbocycles. The van der Waals surface area contributed by atoms with Crippen molar-refractivity contribution in [3.63, 3.8) is 0 Å². The van der Waals surface area contributed by atoms with Gasteiger partial charge in [0.15, 0.2) is 0 Å². The maximum atomic E-state index is 12.5. The van der Waals surface area contributed by atoms with Crippen LogP contribution in [0.25, 0.3) is 0 Å². The van der Waals surface area contributed by atoms with Crippen molar-refractivity contribution in [3.8, 4) is 0 Å². The van der Waals surface area contributed by atoms with Crippen LogP contribution in [0.5, 0.6) is 0 Å². The fraction of sp³-hybridized carbons (Fsp3) is 0.333. The fourth-order valence-electron chi connectivity index (χ4n) is 3.60. The smallest absolute Gasteiger partial charge is 0.236 e. The Balaban J connectivity index is 1.80. The van der Waals surface area contributed by atoms with E-state index in [0.29, 0.717) is 0 Å². The van der Waals surface area contributed by atoms with Crippen LogP contribution in [-0.2, 0) is 10.2 Å². The zero-order valence-corrected chi connectivity index (χ0v) is 13.8. The Morgan fingerprint density at radius 1 is 1.17 bits per heavy atom. The average molecular weight is 308 g/mol. The number of likely N-dealkylation sites (N-methyl/N-ethyl adjacent to an activating group) is 1. The number of nitrogens with one attached hydrogen (secondary N) is 1. The van der Waals surface area contributed by atoms with Gasteiger partial charge in [0.2, 0.25) is 5.91 Å². The lowest BCUT2D eigenvalue weighted by molar-refractivity contribution is -0.121. The molecular weight excluding hydrogens is 288 g/mol. The summed E-state index contributed by atoms with van der Waals surface area (Å²) in [6.45, 7) is 3.97. The molecule has 0 aliphatic carbocycles. The van der Waals surface area contributed by atoms with Crippen molar-refractivity contribution in [1.82, 2.24) is 4.98 Å². The molecular formula is C18H20N4O. The average Bonchev–Trinajstić information content (AvgIpc) is 2.96. The van der Waals surface area contributed by atoms with Gasteiger partial charge in [-0.25, -0.2) is 0 Å². The van der Waals surface area contributed by atoms with Crippen LogP contribution >= 0.6 is 0 Å². The van der Waals surface area contributed by atoms with Crippen LogP contribution in [-0.4, -0.2) is 25.0 Å². The van der Waals surface area contributed by atoms with Crippen molar-refractivity contribution < 1.29 is 4.79 Å². The molecule has 0 spiro atoms. The Labute approximate surface area is 135 Å². The molecule has 5 nitrogen and oxygen atoms in total. The van der Waals surface area contributed by atoms with E-state index in [-0.39, 0.29) is 12.1 Å². The van der Waals surface area contributed by atoms with Gasteiger partial charge in [-0.1, -0.05) is 6.07 Å². The molecule has 4 rings (SSSR count). The molecule has 1 atom stereocenters. The Hall–Kier alpha value is -2.56. The molecule has 0 bridgehead atoms. The topological polar surface area (TPSA) is 48.5 Å². The maximum Gasteiger partial charge on any atom is 0.236 e. The van der Waals surface area contributed by atoms with Crippen LogP contribution in [0.15, 0.2) is 36.5 Å². The minimum absolute atomic E-state index is 0.0119. The first-order valence-electron chi connectivity index (χ1n) is 7.78. The van der Waals surface area contributed by atoms with E-state index in [0.717, 1.165) is 28.3 Å². The van der Waals surface area contributed by atoms with Crippen LogP contribution < -0.4 is 15.1 Å². The van der Waals surface area contributed by atoms with E-state index in [1.807, 2.05) is 52.3 Å². The number of rotatable bonds is 1. The van der Waals surface area contributed by atoms with Crippen molar-refractivity contribution in [3.05, 3.63) is 47.8 Å². The summed E-state index contributed by atoms with van der Waals surface area (Å²) >= 11 is 0. The van der Waals surface area contributed by atoms with Gasteiger partial charge in [0.05, 0.1) is 22.5 Å². The maximum absolute atomic E-state index is 12.5. The van der Waals surface area contributed by atoms with Crippen LogP contribution in [0.4, 0.5) is 17.1 Å². The molecule has 23 heavy (non-hydrogen) atoms. The number of hydrogen-bond donors (Lipinski definition) is 1. The number of hydrogen-bond acceptors (Lipinski definition) is 4. The largest absolute Gasteiger partial charge is 0.359 e. The molecule has 2 aliphatic heterocycles. The van der Waals surface area contributed by atoms with Crippen LogP contribution in [0.3, 0.4) is 0 Å². The van der Waals surface area contributed by atoms with E-state index >= 15 is 0 Å². The van der Waals surface area contributed by atoms with Gasteiger partial charge in [-0.15, -0.1) is 0 Å². The predicted molar refractivity (Wildman–Crippen MR) is 91.9 cm³/mol. The van der Waals surface area contributed by atoms with Gasteiger partial charge >= 0.3 is 0 Å². The highest BCUT2D eigenvalue weighted by Crippen LogP contribution is 2.49. The first-order valence-corrected chi connectivity index (χ1v) is 7.78. The molecule has 3 heterocycles. The van der Waals surface area contributed by atoms with E-state index in [2.05, 4.69) is 27.3 Å². The molecule has 2 aromatic rings. The Kier molecular flexibility index (Phi) is 2.73. The molecule has 0 fully saturated rings. The molecule has 0 saturated heterocycles. The van der Waals surface area contributed by atoms with Crippen molar-refractivity contribution in [1.29, 1.82) is 0 Å². The van der Waals surface area contributed by atoms with Gasteiger partial charge in [0, 0.05) is 26.0 Å². The summed E-state index contributed by atoms with van der Waals surface area (Å²) in [6, 6.07) is 10.2. The minimum Gasteiger partial charge on any atom is -0.359 e. The number of carbonyl (C=O) groups excluding carboxylic acids is 1. The van der Waals surface area contributed by atoms with Crippen LogP contribution in [0, 0.1) is 0 Å². The monoisotopic (exact) mass is 308 g/mol. The van der Waals surface area contributed by atoms with Gasteiger partial charge in [0.25, 0.3) is 0 Å². The first kappa shape index (κ1) is 14.1. The van der Waals surface area contributed by atoms with Gasteiger partial charge in [-0.2, -0.15) is 0 Å². The molecule has 1 aromatic heterocycles. The van der Waals surface area contributed by atoms with E-state index in [1.54, 1.807) is 4.90 Å². The number of anilines is 3. The van der Waals surface area contributed by atoms with Crippen molar-refractivity contribution in [2.24, 2.45) is 0 Å². The molecule has 118 valence electrons. The standard InChI is InChI=1S/C18H20N4O/c1-18(2)11-9-13-15(10-14(11)22(4)17(18)23)21(3)16(20-13)12-7-5-6-8-19-12/h5-10,16,20H,1-4H3. The summed E-state index contributed by atoms with van der Waals surface area (Å²) in [5.41, 5.74) is 4.72. The highest BCUT2D eigenvalue weighted by molar-refractivity contribution is 6.08. The summed E-state index contributed by atoms with van der Waals surface area (Å²) in [7, 11) is 3.90. The van der Waals surface area contributed by atoms with Gasteiger partial charge in [0.1, 0.15) is 6.17 Å². The fourth-order valence-corrected chi connectivity index (χ4v) is 3.60. The SMILES string of the molecule is CN1C(=O)C(C)(C)c2cc3c(cc21)N(C)C(c1ccccn1)N3. The molecule has 1 unspecified atom stereocenters. The lowest BCUT2D eigenvalue weighted by atomic mass is 9.86. The Morgan fingerprint density at radius 2 is 1.96 bits per heavy atom. The van der Waals surface area contributed by atoms with E-state index in [4.69, 9.17) is 0 Å². The van der Waals surface area contributed by atoms with Gasteiger partial charge in [-0.3, -0.25) is 9.78 Å². The second-order valence-electron chi connectivity index (χ2n) is 6.79. The lowest BCUT2D eigenvalue weighted by Gasteiger charge is -2.21. The summed E-state index contributed by atoms with van der Waals surface area (Å²) in [4.78, 5) is 20.9. The summed E-state index contributed by atoms with van der Waals surface area (Å²) in [5.74, 6) is 0.139. The molecule has 5 heteroatoms. The number of aromatic nitrogens is 1. The minimum atomic E-state index is -0.484. The molecule has 2 aliphatic rings. The number of carbonyl (C=O) groups is 1. The van der Waals surface area contributed by atoms with E-state index in [1.165, 1.54) is 0 Å². The molecule has 1 aromatic carbocycles. The van der Waals surface area contributed by atoms with E-state index < -0.39 is 5.41 Å². The molecule has 0 radical (unpaired) electrons. The first-order chi connectivity index (χ1) is 10.9. The van der Waals surface area contributed by atoms with Crippen LogP contribution in [0.1, 0.15) is 31.3 Å². The Morgan fingerprint density at radius 3 is 2.65 bits per heavy atom. The third-order valence-electron chi connectivity index (χ3n) is 5.02. The van der Waals surface area contributed by atoms with Gasteiger partial charge < -0.3 is 15.1 Å². The quantitative estimate of drug-likeness (QED) is 0.880. The second kappa shape index (κ2) is 4.47. The van der Waals surface area contributed by atoms with Gasteiger partial charge in [-0.05, 0) is 43.7 Å². The predicted octanol–water partition coefficient (Wildman–Crippen LogP) is 2.90. The summed E-state index contributed by atoms with van der Waals surface area (Å²) in [6.07, 6.45) is 1.82. The van der Waals surface area contributed by atoms with Crippen molar-refractivity contribution >= 4 is 23.0 Å². The molecule has 1 amide bonds. The van der Waals surface area contributed by atoms with E-state index in [9.17, 15) is 4.79 Å². The van der Waals surface area contributed by atoms with Crippen molar-refractivity contribution in [2.75, 3.05) is 29.2 Å². The second-order valence-corrected chi connectivity index (χ2v) is 6.79. The van der Waals surface area contributed by atoms with Crippen LogP contribution in [0.2, 0.25) is 0 Å². The summed E-state index contributed by atoms with van der Waals surface area (Å²) in [5, 5.41) is 3.53. The Bertz CT molecular complexity index is 800. The third-order valence-corrected chi connectivity index (χ3v) is 5.02. The highest BCUT2D eigenvalue weighted by atomic mass is 16.2. The lowest BCUT2D eigenvalue weighted by Crippen LogP contribution is -2.33. The number of nitrogens with zero attached hydrogens (tertiary/aromatic N) is 3. The number of pyridine rings is 1. The zero-order chi connectivity index (χ0) is 16.4. The zero-order valence-electron chi connectivity index (χ0n) is 13.8. The number of amides is 1. The number of benzene rings is 1. The van der Waals surface area contributed by atoms with Crippen molar-refractivity contribution in [2.45, 2.75) is 25.4 Å².